The molecule has 2 N–H and O–H groups in total. The molecule has 132 valence electrons. The van der Waals surface area contributed by atoms with Crippen molar-refractivity contribution >= 4 is 45.8 Å². The molecule has 0 radical (unpaired) electrons. The van der Waals surface area contributed by atoms with Crippen molar-refractivity contribution < 1.29 is 9.90 Å². The number of aromatic amines is 1. The number of hydrogen-bond acceptors (Lipinski definition) is 3. The fraction of sp³-hybridized carbons (Fsp3) is 0.200. The average Bonchev–Trinajstić information content (AvgIpc) is 3.25. The molecular formula is C20H17ClN2O2S. The van der Waals surface area contributed by atoms with Crippen molar-refractivity contribution in [1.82, 2.24) is 9.97 Å². The van der Waals surface area contributed by atoms with Gasteiger partial charge in [0.05, 0.1) is 0 Å². The number of aromatic carboxylic acids is 1. The SMILES string of the molecule is Cc1cc2c(Cc3cccc(C(=O)O)n3)c(C3=CSCC3)[nH]c2cc1Cl. The van der Waals surface area contributed by atoms with Gasteiger partial charge < -0.3 is 10.1 Å². The molecule has 6 heteroatoms. The first-order chi connectivity index (χ1) is 12.5. The monoisotopic (exact) mass is 384 g/mol. The van der Waals surface area contributed by atoms with E-state index in [4.69, 9.17) is 11.6 Å². The summed E-state index contributed by atoms with van der Waals surface area (Å²) in [5, 5.41) is 13.3. The quantitative estimate of drug-likeness (QED) is 0.641. The number of thioether (sulfide) groups is 1. The second-order valence-corrected chi connectivity index (χ2v) is 7.77. The van der Waals surface area contributed by atoms with Crippen molar-refractivity contribution in [3.05, 3.63) is 69.0 Å². The number of nitrogens with one attached hydrogen (secondary N) is 1. The summed E-state index contributed by atoms with van der Waals surface area (Å²) in [5.74, 6) is 0.0694. The summed E-state index contributed by atoms with van der Waals surface area (Å²) in [4.78, 5) is 19.1. The molecule has 1 aliphatic heterocycles. The standard InChI is InChI=1S/C20H17ClN2O2S/c1-11-7-14-15(8-13-3-2-4-17(22-13)20(24)25)19(12-5-6-26-10-12)23-18(14)9-16(11)21/h2-4,7,9-10,23H,5-6,8H2,1H3,(H,24,25). The predicted octanol–water partition coefficient (Wildman–Crippen LogP) is 5.29. The minimum Gasteiger partial charge on any atom is -0.477 e. The van der Waals surface area contributed by atoms with E-state index in [1.54, 1.807) is 6.07 Å². The average molecular weight is 385 g/mol. The summed E-state index contributed by atoms with van der Waals surface area (Å²) < 4.78 is 0. The zero-order valence-electron chi connectivity index (χ0n) is 14.2. The van der Waals surface area contributed by atoms with Gasteiger partial charge in [0.2, 0.25) is 0 Å². The number of carbonyl (C=O) groups is 1. The zero-order valence-corrected chi connectivity index (χ0v) is 15.7. The van der Waals surface area contributed by atoms with Gasteiger partial charge in [-0.15, -0.1) is 11.8 Å². The van der Waals surface area contributed by atoms with Crippen LogP contribution in [0.3, 0.4) is 0 Å². The Morgan fingerprint density at radius 2 is 2.23 bits per heavy atom. The summed E-state index contributed by atoms with van der Waals surface area (Å²) in [7, 11) is 0. The lowest BCUT2D eigenvalue weighted by atomic mass is 9.99. The summed E-state index contributed by atoms with van der Waals surface area (Å²) >= 11 is 8.12. The van der Waals surface area contributed by atoms with Gasteiger partial charge >= 0.3 is 5.97 Å². The Balaban J connectivity index is 1.86. The van der Waals surface area contributed by atoms with Gasteiger partial charge in [-0.1, -0.05) is 17.7 Å². The maximum absolute atomic E-state index is 11.2. The maximum atomic E-state index is 11.2. The Hall–Kier alpha value is -2.24. The number of pyridine rings is 1. The van der Waals surface area contributed by atoms with Crippen molar-refractivity contribution in [2.75, 3.05) is 5.75 Å². The molecule has 0 spiro atoms. The topological polar surface area (TPSA) is 66.0 Å². The van der Waals surface area contributed by atoms with Gasteiger partial charge in [0, 0.05) is 39.5 Å². The van der Waals surface area contributed by atoms with Gasteiger partial charge in [-0.2, -0.15) is 0 Å². The second-order valence-electron chi connectivity index (χ2n) is 6.39. The highest BCUT2D eigenvalue weighted by molar-refractivity contribution is 8.02. The molecule has 0 atom stereocenters. The van der Waals surface area contributed by atoms with Crippen molar-refractivity contribution in [1.29, 1.82) is 0 Å². The molecule has 0 fully saturated rings. The Kier molecular flexibility index (Phi) is 4.51. The van der Waals surface area contributed by atoms with Crippen LogP contribution in [0.1, 0.15) is 39.4 Å². The number of allylic oxidation sites excluding steroid dienone is 1. The first-order valence-electron chi connectivity index (χ1n) is 8.34. The Morgan fingerprint density at radius 1 is 1.38 bits per heavy atom. The molecule has 4 rings (SSSR count). The summed E-state index contributed by atoms with van der Waals surface area (Å²) in [6.45, 7) is 1.99. The van der Waals surface area contributed by atoms with E-state index in [-0.39, 0.29) is 5.69 Å². The van der Waals surface area contributed by atoms with Gasteiger partial charge in [0.25, 0.3) is 0 Å². The minimum absolute atomic E-state index is 0.0683. The number of hydrogen-bond donors (Lipinski definition) is 2. The number of nitrogens with zero attached hydrogens (tertiary/aromatic N) is 1. The number of H-pyrrole nitrogens is 1. The van der Waals surface area contributed by atoms with Crippen molar-refractivity contribution in [2.45, 2.75) is 19.8 Å². The highest BCUT2D eigenvalue weighted by Gasteiger charge is 2.19. The third-order valence-corrected chi connectivity index (χ3v) is 5.90. The molecule has 4 nitrogen and oxygen atoms in total. The van der Waals surface area contributed by atoms with Crippen LogP contribution in [0.2, 0.25) is 5.02 Å². The predicted molar refractivity (Wildman–Crippen MR) is 107 cm³/mol. The first kappa shape index (κ1) is 17.2. The highest BCUT2D eigenvalue weighted by Crippen LogP contribution is 2.37. The van der Waals surface area contributed by atoms with Gasteiger partial charge in [0.15, 0.2) is 0 Å². The third kappa shape index (κ3) is 3.13. The minimum atomic E-state index is -1.01. The second kappa shape index (κ2) is 6.82. The first-order valence-corrected chi connectivity index (χ1v) is 9.76. The third-order valence-electron chi connectivity index (χ3n) is 4.61. The van der Waals surface area contributed by atoms with Crippen LogP contribution in [-0.2, 0) is 6.42 Å². The summed E-state index contributed by atoms with van der Waals surface area (Å²) in [5.41, 5.74) is 6.36. The van der Waals surface area contributed by atoms with E-state index in [1.807, 2.05) is 30.8 Å². The molecular weight excluding hydrogens is 368 g/mol. The maximum Gasteiger partial charge on any atom is 0.354 e. The molecule has 0 saturated carbocycles. The van der Waals surface area contributed by atoms with E-state index in [9.17, 15) is 9.90 Å². The lowest BCUT2D eigenvalue weighted by molar-refractivity contribution is 0.0690. The summed E-state index contributed by atoms with van der Waals surface area (Å²) in [6, 6.07) is 9.18. The van der Waals surface area contributed by atoms with Crippen LogP contribution >= 0.6 is 23.4 Å². The number of rotatable bonds is 4. The number of halogens is 1. The van der Waals surface area contributed by atoms with E-state index in [0.29, 0.717) is 6.42 Å². The van der Waals surface area contributed by atoms with Crippen molar-refractivity contribution in [3.63, 3.8) is 0 Å². The van der Waals surface area contributed by atoms with E-state index in [2.05, 4.69) is 21.4 Å². The van der Waals surface area contributed by atoms with Crippen LogP contribution in [0.25, 0.3) is 16.5 Å². The molecule has 1 aliphatic rings. The number of aryl methyl sites for hydroxylation is 1. The molecule has 3 aromatic rings. The van der Waals surface area contributed by atoms with Crippen LogP contribution in [0.4, 0.5) is 0 Å². The molecule has 3 heterocycles. The van der Waals surface area contributed by atoms with Gasteiger partial charge in [0.1, 0.15) is 5.69 Å². The van der Waals surface area contributed by atoms with Gasteiger partial charge in [-0.3, -0.25) is 0 Å². The molecule has 0 unspecified atom stereocenters. The van der Waals surface area contributed by atoms with Gasteiger partial charge in [-0.25, -0.2) is 9.78 Å². The number of benzene rings is 1. The van der Waals surface area contributed by atoms with Crippen LogP contribution < -0.4 is 0 Å². The van der Waals surface area contributed by atoms with Crippen LogP contribution in [0, 0.1) is 6.92 Å². The smallest absolute Gasteiger partial charge is 0.354 e. The van der Waals surface area contributed by atoms with E-state index >= 15 is 0 Å². The molecule has 26 heavy (non-hydrogen) atoms. The molecule has 0 bridgehead atoms. The fourth-order valence-corrected chi connectivity index (χ4v) is 4.34. The molecule has 1 aromatic carbocycles. The Morgan fingerprint density at radius 3 is 2.96 bits per heavy atom. The molecule has 0 saturated heterocycles. The largest absolute Gasteiger partial charge is 0.477 e. The molecule has 0 aliphatic carbocycles. The number of carboxylic acids is 1. The lowest BCUT2D eigenvalue weighted by Gasteiger charge is -2.07. The number of carboxylic acid groups (broad SMARTS) is 1. The molecule has 0 amide bonds. The van der Waals surface area contributed by atoms with Crippen molar-refractivity contribution in [2.24, 2.45) is 0 Å². The Labute approximate surface area is 160 Å². The number of aromatic nitrogens is 2. The zero-order chi connectivity index (χ0) is 18.3. The normalized spacial score (nSPS) is 14.0. The highest BCUT2D eigenvalue weighted by atomic mass is 35.5. The lowest BCUT2D eigenvalue weighted by Crippen LogP contribution is -2.03. The van der Waals surface area contributed by atoms with Gasteiger partial charge in [-0.05, 0) is 59.7 Å². The summed E-state index contributed by atoms with van der Waals surface area (Å²) in [6.07, 6.45) is 1.58. The number of fused-ring (bicyclic) bond motifs is 1. The van der Waals surface area contributed by atoms with Crippen molar-refractivity contribution in [3.8, 4) is 0 Å². The van der Waals surface area contributed by atoms with Crippen LogP contribution in [0.15, 0.2) is 35.7 Å². The van der Waals surface area contributed by atoms with E-state index in [0.717, 1.165) is 50.6 Å². The fourth-order valence-electron chi connectivity index (χ4n) is 3.29. The van der Waals surface area contributed by atoms with Crippen LogP contribution in [0.5, 0.6) is 0 Å². The molecule has 2 aromatic heterocycles. The Bertz CT molecular complexity index is 1060. The van der Waals surface area contributed by atoms with Crippen LogP contribution in [-0.4, -0.2) is 26.8 Å². The van der Waals surface area contributed by atoms with E-state index in [1.165, 1.54) is 11.6 Å². The van der Waals surface area contributed by atoms with E-state index < -0.39 is 5.97 Å².